The summed E-state index contributed by atoms with van der Waals surface area (Å²) in [5, 5.41) is 4.31. The predicted molar refractivity (Wildman–Crippen MR) is 93.1 cm³/mol. The minimum Gasteiger partial charge on any atom is -0.488 e. The average molecular weight is 332 g/mol. The third kappa shape index (κ3) is 5.07. The van der Waals surface area contributed by atoms with Gasteiger partial charge in [-0.2, -0.15) is 5.10 Å². The Kier molecular flexibility index (Phi) is 5.00. The number of hydrogen-bond acceptors (Lipinski definition) is 6. The number of hydrazone groups is 1. The molecule has 0 spiro atoms. The van der Waals surface area contributed by atoms with Crippen molar-refractivity contribution in [2.45, 2.75) is 33.3 Å². The highest BCUT2D eigenvalue weighted by molar-refractivity contribution is 7.17. The second kappa shape index (κ2) is 6.78. The van der Waals surface area contributed by atoms with Crippen LogP contribution < -0.4 is 15.9 Å². The zero-order valence-electron chi connectivity index (χ0n) is 13.6. The number of carbonyl (C=O) groups excluding carboxylic acids is 1. The molecule has 6 nitrogen and oxygen atoms in total. The number of nitrogens with zero attached hydrogens (tertiary/aromatic N) is 2. The molecule has 2 rings (SSSR count). The van der Waals surface area contributed by atoms with Crippen LogP contribution >= 0.6 is 11.3 Å². The van der Waals surface area contributed by atoms with E-state index >= 15 is 0 Å². The van der Waals surface area contributed by atoms with E-state index in [-0.39, 0.29) is 11.5 Å². The fourth-order valence-electron chi connectivity index (χ4n) is 1.82. The van der Waals surface area contributed by atoms with Gasteiger partial charge in [-0.1, -0.05) is 11.3 Å². The van der Waals surface area contributed by atoms with Gasteiger partial charge in [0.05, 0.1) is 11.9 Å². The first-order valence-corrected chi connectivity index (χ1v) is 7.91. The smallest absolute Gasteiger partial charge is 0.283 e. The lowest BCUT2D eigenvalue weighted by atomic mass is 10.2. The maximum atomic E-state index is 11.9. The van der Waals surface area contributed by atoms with Crippen molar-refractivity contribution in [3.63, 3.8) is 0 Å². The van der Waals surface area contributed by atoms with Gasteiger partial charge in [-0.15, -0.1) is 0 Å². The van der Waals surface area contributed by atoms with Gasteiger partial charge in [-0.3, -0.25) is 4.79 Å². The van der Waals surface area contributed by atoms with Gasteiger partial charge in [0, 0.05) is 0 Å². The van der Waals surface area contributed by atoms with Crippen LogP contribution in [0.1, 0.15) is 41.7 Å². The Bertz CT molecular complexity index is 715. The van der Waals surface area contributed by atoms with Gasteiger partial charge in [0.1, 0.15) is 16.2 Å². The van der Waals surface area contributed by atoms with Crippen LogP contribution in [0.2, 0.25) is 0 Å². The van der Waals surface area contributed by atoms with Crippen molar-refractivity contribution < 1.29 is 9.53 Å². The number of anilines is 1. The normalized spacial score (nSPS) is 11.7. The Morgan fingerprint density at radius 2 is 2.00 bits per heavy atom. The third-order valence-corrected chi connectivity index (χ3v) is 3.69. The Hall–Kier alpha value is -2.41. The Morgan fingerprint density at radius 1 is 1.35 bits per heavy atom. The highest BCUT2D eigenvalue weighted by Crippen LogP contribution is 2.19. The number of hydrogen-bond donors (Lipinski definition) is 2. The third-order valence-electron chi connectivity index (χ3n) is 2.70. The zero-order valence-corrected chi connectivity index (χ0v) is 14.4. The van der Waals surface area contributed by atoms with Crippen molar-refractivity contribution in [1.29, 1.82) is 0 Å². The second-order valence-corrected chi connectivity index (χ2v) is 6.98. The van der Waals surface area contributed by atoms with E-state index in [1.54, 1.807) is 13.1 Å². The minimum absolute atomic E-state index is 0.238. The number of aromatic nitrogens is 1. The van der Waals surface area contributed by atoms with Crippen molar-refractivity contribution in [1.82, 2.24) is 10.4 Å². The predicted octanol–water partition coefficient (Wildman–Crippen LogP) is 2.97. The molecule has 0 aliphatic heterocycles. The van der Waals surface area contributed by atoms with E-state index in [4.69, 9.17) is 10.5 Å². The first-order valence-electron chi connectivity index (χ1n) is 7.10. The fourth-order valence-corrected chi connectivity index (χ4v) is 2.54. The Balaban J connectivity index is 1.95. The van der Waals surface area contributed by atoms with E-state index in [0.29, 0.717) is 15.7 Å². The molecule has 1 heterocycles. The number of aryl methyl sites for hydroxylation is 1. The molecule has 23 heavy (non-hydrogen) atoms. The summed E-state index contributed by atoms with van der Waals surface area (Å²) in [5.74, 6) is 0.468. The summed E-state index contributed by atoms with van der Waals surface area (Å²) in [6.07, 6.45) is 1.57. The van der Waals surface area contributed by atoms with E-state index in [1.807, 2.05) is 45.0 Å². The van der Waals surface area contributed by atoms with Gasteiger partial charge < -0.3 is 10.5 Å². The standard InChI is InChI=1S/C16H20N4O2S/c1-10-13(23-15(17)19-10)14(21)20-18-9-11-5-7-12(8-6-11)22-16(2,3)4/h5-9H,1-4H3,(H2,17,19)(H,20,21)/b18-9-. The molecule has 0 aliphatic rings. The maximum absolute atomic E-state index is 11.9. The number of nitrogens with one attached hydrogen (secondary N) is 1. The molecule has 0 saturated carbocycles. The summed E-state index contributed by atoms with van der Waals surface area (Å²) in [4.78, 5) is 16.4. The quantitative estimate of drug-likeness (QED) is 0.665. The lowest BCUT2D eigenvalue weighted by molar-refractivity contribution is 0.0958. The average Bonchev–Trinajstić information content (AvgIpc) is 2.78. The van der Waals surface area contributed by atoms with E-state index < -0.39 is 0 Å². The number of thiazole rings is 1. The Morgan fingerprint density at radius 3 is 2.52 bits per heavy atom. The first kappa shape index (κ1) is 17.0. The molecule has 1 aromatic carbocycles. The summed E-state index contributed by atoms with van der Waals surface area (Å²) >= 11 is 1.14. The lowest BCUT2D eigenvalue weighted by Gasteiger charge is -2.21. The van der Waals surface area contributed by atoms with Crippen molar-refractivity contribution in [2.24, 2.45) is 5.10 Å². The molecule has 3 N–H and O–H groups in total. The number of benzene rings is 1. The van der Waals surface area contributed by atoms with Crippen LogP contribution in [0.4, 0.5) is 5.13 Å². The van der Waals surface area contributed by atoms with Crippen LogP contribution in [0.3, 0.4) is 0 Å². The van der Waals surface area contributed by atoms with E-state index in [2.05, 4.69) is 15.5 Å². The Labute approximate surface area is 139 Å². The SMILES string of the molecule is Cc1nc(N)sc1C(=O)N/N=C\c1ccc(OC(C)(C)C)cc1. The van der Waals surface area contributed by atoms with Crippen LogP contribution in [0.5, 0.6) is 5.75 Å². The number of nitrogen functional groups attached to an aromatic ring is 1. The van der Waals surface area contributed by atoms with Crippen molar-refractivity contribution in [2.75, 3.05) is 5.73 Å². The van der Waals surface area contributed by atoms with Gasteiger partial charge in [0.2, 0.25) is 0 Å². The summed E-state index contributed by atoms with van der Waals surface area (Å²) in [6.45, 7) is 7.71. The van der Waals surface area contributed by atoms with Crippen LogP contribution in [0, 0.1) is 6.92 Å². The summed E-state index contributed by atoms with van der Waals surface area (Å²) in [7, 11) is 0. The van der Waals surface area contributed by atoms with Crippen LogP contribution in [-0.4, -0.2) is 22.7 Å². The molecule has 7 heteroatoms. The zero-order chi connectivity index (χ0) is 17.0. The number of ether oxygens (including phenoxy) is 1. The van der Waals surface area contributed by atoms with E-state index in [9.17, 15) is 4.79 Å². The molecule has 0 radical (unpaired) electrons. The van der Waals surface area contributed by atoms with E-state index in [0.717, 1.165) is 22.6 Å². The number of rotatable bonds is 4. The van der Waals surface area contributed by atoms with Gasteiger partial charge >= 0.3 is 0 Å². The first-order chi connectivity index (χ1) is 10.7. The minimum atomic E-state index is -0.319. The van der Waals surface area contributed by atoms with E-state index in [1.165, 1.54) is 0 Å². The fraction of sp³-hybridized carbons (Fsp3) is 0.312. The van der Waals surface area contributed by atoms with Crippen LogP contribution in [0.25, 0.3) is 0 Å². The highest BCUT2D eigenvalue weighted by atomic mass is 32.1. The number of amides is 1. The molecule has 0 bridgehead atoms. The van der Waals surface area contributed by atoms with Gasteiger partial charge in [0.25, 0.3) is 5.91 Å². The molecule has 0 unspecified atom stereocenters. The highest BCUT2D eigenvalue weighted by Gasteiger charge is 2.13. The summed E-state index contributed by atoms with van der Waals surface area (Å²) in [6, 6.07) is 7.46. The molecule has 0 atom stereocenters. The molecular weight excluding hydrogens is 312 g/mol. The summed E-state index contributed by atoms with van der Waals surface area (Å²) < 4.78 is 5.74. The van der Waals surface area contributed by atoms with Crippen molar-refractivity contribution >= 4 is 28.6 Å². The van der Waals surface area contributed by atoms with Crippen molar-refractivity contribution in [3.05, 3.63) is 40.4 Å². The second-order valence-electron chi connectivity index (χ2n) is 5.95. The number of nitrogens with two attached hydrogens (primary N) is 1. The molecule has 122 valence electrons. The largest absolute Gasteiger partial charge is 0.488 e. The van der Waals surface area contributed by atoms with Gasteiger partial charge in [-0.25, -0.2) is 10.4 Å². The molecule has 0 fully saturated rings. The molecular formula is C16H20N4O2S. The molecule has 1 aromatic heterocycles. The van der Waals surface area contributed by atoms with Crippen molar-refractivity contribution in [3.8, 4) is 5.75 Å². The molecule has 0 aliphatic carbocycles. The van der Waals surface area contributed by atoms with Gasteiger partial charge in [-0.05, 0) is 57.5 Å². The molecule has 0 saturated heterocycles. The molecule has 2 aromatic rings. The van der Waals surface area contributed by atoms with Crippen LogP contribution in [-0.2, 0) is 0 Å². The van der Waals surface area contributed by atoms with Crippen LogP contribution in [0.15, 0.2) is 29.4 Å². The molecule has 1 amide bonds. The number of carbonyl (C=O) groups is 1. The lowest BCUT2D eigenvalue weighted by Crippen LogP contribution is -2.22. The van der Waals surface area contributed by atoms with Gasteiger partial charge in [0.15, 0.2) is 5.13 Å². The topological polar surface area (TPSA) is 89.6 Å². The summed E-state index contributed by atoms with van der Waals surface area (Å²) in [5.41, 5.74) is 9.26. The monoisotopic (exact) mass is 332 g/mol. The maximum Gasteiger partial charge on any atom is 0.283 e.